The SMILES string of the molecule is Cc1ccc(S(=O)(=O)NC(=O)c2cccc(-c3noc(C4CC4)n3)c2)cn1. The molecule has 0 aliphatic heterocycles. The van der Waals surface area contributed by atoms with Crippen molar-refractivity contribution in [3.05, 3.63) is 59.7 Å². The van der Waals surface area contributed by atoms with E-state index in [2.05, 4.69) is 15.1 Å². The van der Waals surface area contributed by atoms with Crippen molar-refractivity contribution in [1.82, 2.24) is 19.8 Å². The number of nitrogens with one attached hydrogen (secondary N) is 1. The van der Waals surface area contributed by atoms with Crippen LogP contribution in [0.25, 0.3) is 11.4 Å². The summed E-state index contributed by atoms with van der Waals surface area (Å²) in [6.07, 6.45) is 3.28. The van der Waals surface area contributed by atoms with Crippen molar-refractivity contribution in [1.29, 1.82) is 0 Å². The number of rotatable bonds is 5. The van der Waals surface area contributed by atoms with Crippen LogP contribution in [0.2, 0.25) is 0 Å². The van der Waals surface area contributed by atoms with Gasteiger partial charge in [-0.25, -0.2) is 13.1 Å². The van der Waals surface area contributed by atoms with Gasteiger partial charge >= 0.3 is 0 Å². The van der Waals surface area contributed by atoms with E-state index in [1.807, 2.05) is 4.72 Å². The van der Waals surface area contributed by atoms with Crippen molar-refractivity contribution in [2.45, 2.75) is 30.6 Å². The first kappa shape index (κ1) is 17.3. The van der Waals surface area contributed by atoms with Crippen molar-refractivity contribution in [3.63, 3.8) is 0 Å². The average Bonchev–Trinajstić information content (AvgIpc) is 3.38. The molecule has 1 aromatic carbocycles. The molecular weight excluding hydrogens is 368 g/mol. The Balaban J connectivity index is 1.55. The molecule has 9 heteroatoms. The van der Waals surface area contributed by atoms with Crippen LogP contribution in [0.3, 0.4) is 0 Å². The highest BCUT2D eigenvalue weighted by Crippen LogP contribution is 2.39. The van der Waals surface area contributed by atoms with E-state index in [0.717, 1.165) is 12.8 Å². The molecule has 0 unspecified atom stereocenters. The quantitative estimate of drug-likeness (QED) is 0.718. The molecule has 1 aliphatic carbocycles. The van der Waals surface area contributed by atoms with Gasteiger partial charge in [-0.1, -0.05) is 17.3 Å². The Hall–Kier alpha value is -3.07. The lowest BCUT2D eigenvalue weighted by molar-refractivity contribution is 0.0981. The molecule has 0 atom stereocenters. The first-order valence-corrected chi connectivity index (χ1v) is 9.84. The van der Waals surface area contributed by atoms with Crippen LogP contribution < -0.4 is 4.72 Å². The molecule has 1 N–H and O–H groups in total. The van der Waals surface area contributed by atoms with Crippen molar-refractivity contribution in [2.75, 3.05) is 0 Å². The number of aromatic nitrogens is 3. The Labute approximate surface area is 155 Å². The number of amides is 1. The number of nitrogens with zero attached hydrogens (tertiary/aromatic N) is 3. The molecular formula is C18H16N4O4S. The third-order valence-electron chi connectivity index (χ3n) is 4.17. The highest BCUT2D eigenvalue weighted by Gasteiger charge is 2.30. The fourth-order valence-corrected chi connectivity index (χ4v) is 3.42. The van der Waals surface area contributed by atoms with Crippen molar-refractivity contribution < 1.29 is 17.7 Å². The van der Waals surface area contributed by atoms with Crippen LogP contribution in [0.15, 0.2) is 52.0 Å². The zero-order valence-corrected chi connectivity index (χ0v) is 15.2. The molecule has 0 spiro atoms. The lowest BCUT2D eigenvalue weighted by Gasteiger charge is -2.07. The maximum absolute atomic E-state index is 12.4. The Kier molecular flexibility index (Phi) is 4.23. The number of carbonyl (C=O) groups is 1. The normalized spacial score (nSPS) is 14.1. The summed E-state index contributed by atoms with van der Waals surface area (Å²) in [5.74, 6) is 0.542. The maximum Gasteiger partial charge on any atom is 0.265 e. The first-order valence-electron chi connectivity index (χ1n) is 8.36. The van der Waals surface area contributed by atoms with Gasteiger partial charge in [0.1, 0.15) is 4.90 Å². The van der Waals surface area contributed by atoms with E-state index in [-0.39, 0.29) is 10.5 Å². The Morgan fingerprint density at radius 3 is 2.74 bits per heavy atom. The van der Waals surface area contributed by atoms with Gasteiger partial charge in [-0.2, -0.15) is 4.98 Å². The second-order valence-corrected chi connectivity index (χ2v) is 8.06. The van der Waals surface area contributed by atoms with Crippen LogP contribution in [0.1, 0.15) is 40.7 Å². The van der Waals surface area contributed by atoms with Gasteiger partial charge in [-0.05, 0) is 44.0 Å². The van der Waals surface area contributed by atoms with Gasteiger partial charge in [0.15, 0.2) is 0 Å². The minimum Gasteiger partial charge on any atom is -0.339 e. The van der Waals surface area contributed by atoms with Gasteiger partial charge in [0, 0.05) is 28.9 Å². The first-order chi connectivity index (χ1) is 12.9. The topological polar surface area (TPSA) is 115 Å². The number of carbonyl (C=O) groups excluding carboxylic acids is 1. The summed E-state index contributed by atoms with van der Waals surface area (Å²) in [5, 5.41) is 3.93. The summed E-state index contributed by atoms with van der Waals surface area (Å²) >= 11 is 0. The molecule has 1 aliphatic rings. The average molecular weight is 384 g/mol. The van der Waals surface area contributed by atoms with Gasteiger partial charge in [0.05, 0.1) is 0 Å². The van der Waals surface area contributed by atoms with Crippen LogP contribution in [0.5, 0.6) is 0 Å². The third kappa shape index (κ3) is 3.72. The molecule has 0 bridgehead atoms. The standard InChI is InChI=1S/C18H16N4O4S/c1-11-5-8-15(10-19-11)27(24,25)22-17(23)14-4-2-3-13(9-14)16-20-18(26-21-16)12-6-7-12/h2-5,8-10,12H,6-7H2,1H3,(H,22,23). The van der Waals surface area contributed by atoms with Crippen molar-refractivity contribution in [2.24, 2.45) is 0 Å². The minimum absolute atomic E-state index is 0.0788. The summed E-state index contributed by atoms with van der Waals surface area (Å²) in [5.41, 5.74) is 1.43. The van der Waals surface area contributed by atoms with Gasteiger partial charge < -0.3 is 4.52 Å². The van der Waals surface area contributed by atoms with Gasteiger partial charge in [0.25, 0.3) is 15.9 Å². The molecule has 0 radical (unpaired) electrons. The zero-order valence-electron chi connectivity index (χ0n) is 14.4. The maximum atomic E-state index is 12.4. The molecule has 8 nitrogen and oxygen atoms in total. The van der Waals surface area contributed by atoms with Crippen LogP contribution in [0, 0.1) is 6.92 Å². The predicted octanol–water partition coefficient (Wildman–Crippen LogP) is 2.44. The number of benzene rings is 1. The molecule has 4 rings (SSSR count). The van der Waals surface area contributed by atoms with E-state index in [1.54, 1.807) is 25.1 Å². The van der Waals surface area contributed by atoms with E-state index < -0.39 is 15.9 Å². The van der Waals surface area contributed by atoms with E-state index in [1.165, 1.54) is 24.4 Å². The molecule has 1 amide bonds. The number of pyridine rings is 1. The Bertz CT molecular complexity index is 1100. The second kappa shape index (κ2) is 6.58. The lowest BCUT2D eigenvalue weighted by Crippen LogP contribution is -2.30. The summed E-state index contributed by atoms with van der Waals surface area (Å²) < 4.78 is 32.0. The molecule has 1 saturated carbocycles. The molecule has 2 aromatic heterocycles. The largest absolute Gasteiger partial charge is 0.339 e. The predicted molar refractivity (Wildman–Crippen MR) is 95.3 cm³/mol. The van der Waals surface area contributed by atoms with Crippen LogP contribution in [-0.2, 0) is 10.0 Å². The zero-order chi connectivity index (χ0) is 19.0. The van der Waals surface area contributed by atoms with Gasteiger partial charge in [0.2, 0.25) is 11.7 Å². The smallest absolute Gasteiger partial charge is 0.265 e. The van der Waals surface area contributed by atoms with Crippen LogP contribution in [-0.4, -0.2) is 29.4 Å². The summed E-state index contributed by atoms with van der Waals surface area (Å²) in [7, 11) is -4.01. The van der Waals surface area contributed by atoms with Gasteiger partial charge in [-0.15, -0.1) is 0 Å². The fraction of sp³-hybridized carbons (Fsp3) is 0.222. The molecule has 2 heterocycles. The number of hydrogen-bond acceptors (Lipinski definition) is 7. The van der Waals surface area contributed by atoms with E-state index in [9.17, 15) is 13.2 Å². The molecule has 3 aromatic rings. The summed E-state index contributed by atoms with van der Waals surface area (Å²) in [4.78, 5) is 20.6. The third-order valence-corrected chi connectivity index (χ3v) is 5.49. The highest BCUT2D eigenvalue weighted by molar-refractivity contribution is 7.90. The summed E-state index contributed by atoms with van der Waals surface area (Å²) in [6.45, 7) is 1.74. The molecule has 138 valence electrons. The molecule has 27 heavy (non-hydrogen) atoms. The Morgan fingerprint density at radius 1 is 1.22 bits per heavy atom. The van der Waals surface area contributed by atoms with E-state index in [0.29, 0.717) is 28.9 Å². The van der Waals surface area contributed by atoms with E-state index in [4.69, 9.17) is 4.52 Å². The monoisotopic (exact) mass is 384 g/mol. The number of sulfonamides is 1. The van der Waals surface area contributed by atoms with E-state index >= 15 is 0 Å². The van der Waals surface area contributed by atoms with Crippen molar-refractivity contribution >= 4 is 15.9 Å². The molecule has 1 fully saturated rings. The number of aryl methyl sites for hydroxylation is 1. The van der Waals surface area contributed by atoms with Crippen LogP contribution in [0.4, 0.5) is 0 Å². The Morgan fingerprint density at radius 2 is 2.04 bits per heavy atom. The summed E-state index contributed by atoms with van der Waals surface area (Å²) in [6, 6.07) is 9.37. The second-order valence-electron chi connectivity index (χ2n) is 6.38. The number of hydrogen-bond donors (Lipinski definition) is 1. The minimum atomic E-state index is -4.01. The highest BCUT2D eigenvalue weighted by atomic mass is 32.2. The van der Waals surface area contributed by atoms with Crippen molar-refractivity contribution in [3.8, 4) is 11.4 Å². The molecule has 0 saturated heterocycles. The van der Waals surface area contributed by atoms with Gasteiger partial charge in [-0.3, -0.25) is 9.78 Å². The lowest BCUT2D eigenvalue weighted by atomic mass is 10.1. The fourth-order valence-electron chi connectivity index (χ4n) is 2.50. The van der Waals surface area contributed by atoms with Crippen LogP contribution >= 0.6 is 0 Å².